The van der Waals surface area contributed by atoms with E-state index in [2.05, 4.69) is 6.58 Å². The summed E-state index contributed by atoms with van der Waals surface area (Å²) in [6.07, 6.45) is 0.304. The number of fused-ring (bicyclic) bond motifs is 1. The van der Waals surface area contributed by atoms with Gasteiger partial charge in [-0.2, -0.15) is 0 Å². The zero-order chi connectivity index (χ0) is 30.1. The SMILES string of the molecule is C=CC[C@@](O)(OCc1ccccc1)[C@@H](OCc1ccccc1)[C@H](COCc1ccccc1)N1C(=O)c2ccccc2C1=O. The highest BCUT2D eigenvalue weighted by molar-refractivity contribution is 6.21. The number of carbonyl (C=O) groups is 2. The van der Waals surface area contributed by atoms with E-state index in [4.69, 9.17) is 14.2 Å². The van der Waals surface area contributed by atoms with Gasteiger partial charge in [-0.1, -0.05) is 109 Å². The molecular formula is C36H35NO6. The van der Waals surface area contributed by atoms with Gasteiger partial charge in [0.1, 0.15) is 6.10 Å². The maximum absolute atomic E-state index is 13.8. The number of hydrogen-bond acceptors (Lipinski definition) is 6. The fourth-order valence-electron chi connectivity index (χ4n) is 5.23. The summed E-state index contributed by atoms with van der Waals surface area (Å²) in [6, 6.07) is 34.1. The van der Waals surface area contributed by atoms with E-state index in [-0.39, 0.29) is 32.8 Å². The molecule has 1 heterocycles. The van der Waals surface area contributed by atoms with Crippen molar-refractivity contribution in [3.8, 4) is 0 Å². The smallest absolute Gasteiger partial charge is 0.261 e. The Balaban J connectivity index is 1.52. The largest absolute Gasteiger partial charge is 0.375 e. The molecule has 220 valence electrons. The molecule has 7 nitrogen and oxygen atoms in total. The van der Waals surface area contributed by atoms with Gasteiger partial charge < -0.3 is 19.3 Å². The van der Waals surface area contributed by atoms with Gasteiger partial charge in [-0.15, -0.1) is 6.58 Å². The van der Waals surface area contributed by atoms with Crippen molar-refractivity contribution in [1.29, 1.82) is 0 Å². The average molecular weight is 578 g/mol. The Morgan fingerprint density at radius 2 is 1.16 bits per heavy atom. The zero-order valence-corrected chi connectivity index (χ0v) is 23.9. The summed E-state index contributed by atoms with van der Waals surface area (Å²) in [6.45, 7) is 4.14. The van der Waals surface area contributed by atoms with Crippen LogP contribution in [-0.4, -0.2) is 46.4 Å². The normalized spacial score (nSPS) is 15.5. The van der Waals surface area contributed by atoms with Crippen LogP contribution in [0.1, 0.15) is 43.8 Å². The summed E-state index contributed by atoms with van der Waals surface area (Å²) >= 11 is 0. The molecule has 0 radical (unpaired) electrons. The van der Waals surface area contributed by atoms with Crippen molar-refractivity contribution in [3.63, 3.8) is 0 Å². The number of hydrogen-bond donors (Lipinski definition) is 1. The molecule has 1 N–H and O–H groups in total. The lowest BCUT2D eigenvalue weighted by atomic mass is 9.97. The maximum atomic E-state index is 13.8. The number of aliphatic hydroxyl groups is 1. The second-order valence-corrected chi connectivity index (χ2v) is 10.4. The molecule has 1 aliphatic heterocycles. The monoisotopic (exact) mass is 577 g/mol. The Morgan fingerprint density at radius 3 is 1.67 bits per heavy atom. The van der Waals surface area contributed by atoms with Crippen LogP contribution in [0.5, 0.6) is 0 Å². The van der Waals surface area contributed by atoms with E-state index in [1.165, 1.54) is 6.08 Å². The van der Waals surface area contributed by atoms with Gasteiger partial charge >= 0.3 is 0 Å². The molecular weight excluding hydrogens is 542 g/mol. The van der Waals surface area contributed by atoms with Crippen molar-refractivity contribution in [1.82, 2.24) is 4.90 Å². The van der Waals surface area contributed by atoms with Crippen LogP contribution < -0.4 is 0 Å². The molecule has 3 atom stereocenters. The van der Waals surface area contributed by atoms with Crippen LogP contribution in [0.2, 0.25) is 0 Å². The Morgan fingerprint density at radius 1 is 0.698 bits per heavy atom. The fraction of sp³-hybridized carbons (Fsp3) is 0.222. The van der Waals surface area contributed by atoms with E-state index in [0.29, 0.717) is 11.1 Å². The first kappa shape index (κ1) is 30.1. The number of ether oxygens (including phenoxy) is 3. The molecule has 0 unspecified atom stereocenters. The van der Waals surface area contributed by atoms with Crippen molar-refractivity contribution in [2.45, 2.75) is 44.2 Å². The van der Waals surface area contributed by atoms with Crippen LogP contribution >= 0.6 is 0 Å². The molecule has 2 amide bonds. The van der Waals surface area contributed by atoms with E-state index in [0.717, 1.165) is 21.6 Å². The first-order valence-electron chi connectivity index (χ1n) is 14.3. The summed E-state index contributed by atoms with van der Waals surface area (Å²) < 4.78 is 18.8. The molecule has 0 fully saturated rings. The van der Waals surface area contributed by atoms with E-state index in [1.54, 1.807) is 24.3 Å². The molecule has 7 heteroatoms. The van der Waals surface area contributed by atoms with Gasteiger partial charge in [-0.25, -0.2) is 0 Å². The lowest BCUT2D eigenvalue weighted by Crippen LogP contribution is -2.60. The standard InChI is InChI=1S/C36H35NO6/c1-2-22-36(40,43-25-29-18-10-5-11-19-29)33(42-24-28-16-8-4-9-17-28)32(26-41-23-27-14-6-3-7-15-27)37-34(38)30-20-12-13-21-31(30)35(37)39/h2-21,32-33,40H,1,22-26H2/t32-,33-,36+/m0/s1. The molecule has 0 saturated heterocycles. The average Bonchev–Trinajstić information content (AvgIpc) is 3.30. The van der Waals surface area contributed by atoms with E-state index in [9.17, 15) is 14.7 Å². The van der Waals surface area contributed by atoms with Crippen LogP contribution in [-0.2, 0) is 34.0 Å². The molecule has 4 aromatic rings. The number of benzene rings is 4. The first-order valence-corrected chi connectivity index (χ1v) is 14.3. The summed E-state index contributed by atoms with van der Waals surface area (Å²) in [5, 5.41) is 12.2. The van der Waals surface area contributed by atoms with Crippen LogP contribution in [0.15, 0.2) is 128 Å². The molecule has 1 aliphatic rings. The number of imide groups is 1. The third kappa shape index (κ3) is 7.16. The lowest BCUT2D eigenvalue weighted by molar-refractivity contribution is -0.285. The molecule has 5 rings (SSSR count). The molecule has 43 heavy (non-hydrogen) atoms. The van der Waals surface area contributed by atoms with Crippen molar-refractivity contribution in [2.24, 2.45) is 0 Å². The van der Waals surface area contributed by atoms with Gasteiger partial charge in [0.2, 0.25) is 0 Å². The van der Waals surface area contributed by atoms with Crippen molar-refractivity contribution >= 4 is 11.8 Å². The minimum atomic E-state index is -1.97. The zero-order valence-electron chi connectivity index (χ0n) is 23.9. The molecule has 0 aromatic heterocycles. The van der Waals surface area contributed by atoms with Crippen molar-refractivity contribution in [2.75, 3.05) is 6.61 Å². The van der Waals surface area contributed by atoms with Crippen LogP contribution in [0.3, 0.4) is 0 Å². The van der Waals surface area contributed by atoms with Gasteiger partial charge in [-0.05, 0) is 28.8 Å². The highest BCUT2D eigenvalue weighted by Gasteiger charge is 2.51. The second-order valence-electron chi connectivity index (χ2n) is 10.4. The minimum absolute atomic E-state index is 0.0301. The lowest BCUT2D eigenvalue weighted by Gasteiger charge is -2.42. The molecule has 0 bridgehead atoms. The molecule has 0 spiro atoms. The summed E-state index contributed by atoms with van der Waals surface area (Å²) in [5.41, 5.74) is 3.19. The fourth-order valence-corrected chi connectivity index (χ4v) is 5.23. The molecule has 4 aromatic carbocycles. The van der Waals surface area contributed by atoms with Crippen LogP contribution in [0.4, 0.5) is 0 Å². The number of amides is 2. The quantitative estimate of drug-likeness (QED) is 0.107. The highest BCUT2D eigenvalue weighted by Crippen LogP contribution is 2.33. The predicted octanol–water partition coefficient (Wildman–Crippen LogP) is 5.93. The van der Waals surface area contributed by atoms with E-state index >= 15 is 0 Å². The Bertz CT molecular complexity index is 1480. The third-order valence-electron chi connectivity index (χ3n) is 7.39. The van der Waals surface area contributed by atoms with Gasteiger partial charge in [-0.3, -0.25) is 14.5 Å². The summed E-state index contributed by atoms with van der Waals surface area (Å²) in [4.78, 5) is 28.7. The summed E-state index contributed by atoms with van der Waals surface area (Å²) in [7, 11) is 0. The Labute approximate surface area is 252 Å². The Kier molecular flexibility index (Phi) is 9.92. The summed E-state index contributed by atoms with van der Waals surface area (Å²) in [5.74, 6) is -2.93. The Hall–Kier alpha value is -4.40. The maximum Gasteiger partial charge on any atom is 0.261 e. The van der Waals surface area contributed by atoms with Gasteiger partial charge in [0, 0.05) is 6.42 Å². The van der Waals surface area contributed by atoms with Crippen molar-refractivity contribution in [3.05, 3.63) is 156 Å². The number of rotatable bonds is 15. The van der Waals surface area contributed by atoms with E-state index in [1.807, 2.05) is 91.0 Å². The third-order valence-corrected chi connectivity index (χ3v) is 7.39. The highest BCUT2D eigenvalue weighted by atomic mass is 16.7. The van der Waals surface area contributed by atoms with Gasteiger partial charge in [0.05, 0.1) is 43.6 Å². The van der Waals surface area contributed by atoms with Crippen LogP contribution in [0.25, 0.3) is 0 Å². The first-order chi connectivity index (χ1) is 21.0. The van der Waals surface area contributed by atoms with Crippen LogP contribution in [0, 0.1) is 0 Å². The predicted molar refractivity (Wildman–Crippen MR) is 163 cm³/mol. The topological polar surface area (TPSA) is 85.3 Å². The van der Waals surface area contributed by atoms with Crippen molar-refractivity contribution < 1.29 is 28.9 Å². The number of carbonyl (C=O) groups excluding carboxylic acids is 2. The van der Waals surface area contributed by atoms with E-state index < -0.39 is 29.7 Å². The second kappa shape index (κ2) is 14.2. The van der Waals surface area contributed by atoms with Gasteiger partial charge in [0.15, 0.2) is 5.79 Å². The number of nitrogens with zero attached hydrogens (tertiary/aromatic N) is 1. The molecule has 0 aliphatic carbocycles. The molecule has 0 saturated carbocycles. The minimum Gasteiger partial charge on any atom is -0.375 e. The van der Waals surface area contributed by atoms with Gasteiger partial charge in [0.25, 0.3) is 11.8 Å².